The second-order valence-corrected chi connectivity index (χ2v) is 6.54. The molecule has 0 fully saturated rings. The van der Waals surface area contributed by atoms with Gasteiger partial charge in [0.25, 0.3) is 0 Å². The molecule has 0 saturated carbocycles. The smallest absolute Gasteiger partial charge is 0.211 e. The van der Waals surface area contributed by atoms with E-state index in [1.807, 2.05) is 13.8 Å². The van der Waals surface area contributed by atoms with Crippen molar-refractivity contribution in [3.8, 4) is 0 Å². The maximum atomic E-state index is 11.6. The maximum Gasteiger partial charge on any atom is 0.211 e. The summed E-state index contributed by atoms with van der Waals surface area (Å²) in [6.07, 6.45) is 0.540. The molecule has 0 radical (unpaired) electrons. The van der Waals surface area contributed by atoms with Gasteiger partial charge in [-0.2, -0.15) is 0 Å². The standard InChI is InChI=1S/C9H20INO3S/c1-8(2)9(7-10)11-15(12,13)6-4-5-14-3/h8-9,11H,4-7H2,1-3H3. The summed E-state index contributed by atoms with van der Waals surface area (Å²) < 4.78 is 31.5. The van der Waals surface area contributed by atoms with Crippen LogP contribution < -0.4 is 4.72 Å². The van der Waals surface area contributed by atoms with Crippen LogP contribution in [0.4, 0.5) is 0 Å². The van der Waals surface area contributed by atoms with Crippen molar-refractivity contribution in [1.82, 2.24) is 4.72 Å². The molecule has 0 heterocycles. The third kappa shape index (κ3) is 7.48. The van der Waals surface area contributed by atoms with Gasteiger partial charge in [0.2, 0.25) is 10.0 Å². The quantitative estimate of drug-likeness (QED) is 0.410. The van der Waals surface area contributed by atoms with Crippen LogP contribution in [0.1, 0.15) is 20.3 Å². The fourth-order valence-corrected chi connectivity index (χ4v) is 4.00. The molecule has 4 nitrogen and oxygen atoms in total. The van der Waals surface area contributed by atoms with E-state index in [0.717, 1.165) is 4.43 Å². The Hall–Kier alpha value is 0.600. The molecule has 1 unspecified atom stereocenters. The first kappa shape index (κ1) is 15.6. The minimum atomic E-state index is -3.14. The van der Waals surface area contributed by atoms with Crippen molar-refractivity contribution >= 4 is 32.6 Å². The average Bonchev–Trinajstić information content (AvgIpc) is 2.14. The molecule has 0 aliphatic rings. The number of hydrogen-bond acceptors (Lipinski definition) is 3. The van der Waals surface area contributed by atoms with E-state index in [1.54, 1.807) is 7.11 Å². The first-order valence-corrected chi connectivity index (χ1v) is 8.15. The number of sulfonamides is 1. The molecule has 1 N–H and O–H groups in total. The molecule has 0 bridgehead atoms. The highest BCUT2D eigenvalue weighted by Gasteiger charge is 2.19. The molecule has 0 aromatic rings. The second kappa shape index (κ2) is 7.81. The minimum Gasteiger partial charge on any atom is -0.385 e. The van der Waals surface area contributed by atoms with Crippen LogP contribution in [-0.4, -0.2) is 38.4 Å². The molecular formula is C9H20INO3S. The Bertz CT molecular complexity index is 254. The van der Waals surface area contributed by atoms with Gasteiger partial charge in [0.15, 0.2) is 0 Å². The second-order valence-electron chi connectivity index (χ2n) is 3.79. The van der Waals surface area contributed by atoms with Crippen LogP contribution in [0.5, 0.6) is 0 Å². The Morgan fingerprint density at radius 1 is 1.40 bits per heavy atom. The largest absolute Gasteiger partial charge is 0.385 e. The SMILES string of the molecule is COCCCS(=O)(=O)NC(CI)C(C)C. The lowest BCUT2D eigenvalue weighted by Gasteiger charge is -2.19. The summed E-state index contributed by atoms with van der Waals surface area (Å²) in [6.45, 7) is 4.51. The van der Waals surface area contributed by atoms with Crippen molar-refractivity contribution in [2.75, 3.05) is 23.9 Å². The molecule has 0 aromatic carbocycles. The van der Waals surface area contributed by atoms with Crippen molar-refractivity contribution in [2.24, 2.45) is 5.92 Å². The molecule has 0 spiro atoms. The van der Waals surface area contributed by atoms with Crippen molar-refractivity contribution < 1.29 is 13.2 Å². The van der Waals surface area contributed by atoms with Gasteiger partial charge in [-0.1, -0.05) is 36.4 Å². The summed E-state index contributed by atoms with van der Waals surface area (Å²) in [7, 11) is -1.57. The highest BCUT2D eigenvalue weighted by atomic mass is 127. The van der Waals surface area contributed by atoms with Crippen LogP contribution in [-0.2, 0) is 14.8 Å². The lowest BCUT2D eigenvalue weighted by atomic mass is 10.1. The fourth-order valence-electron chi connectivity index (χ4n) is 1.03. The molecule has 0 aliphatic carbocycles. The normalized spacial score (nSPS) is 14.5. The molecule has 0 saturated heterocycles. The third-order valence-corrected chi connectivity index (χ3v) is 4.50. The van der Waals surface area contributed by atoms with Crippen LogP contribution in [0.2, 0.25) is 0 Å². The van der Waals surface area contributed by atoms with Crippen LogP contribution in [0.25, 0.3) is 0 Å². The molecule has 0 rings (SSSR count). The Labute approximate surface area is 106 Å². The number of halogens is 1. The Balaban J connectivity index is 4.11. The van der Waals surface area contributed by atoms with Crippen molar-refractivity contribution in [1.29, 1.82) is 0 Å². The van der Waals surface area contributed by atoms with Crippen molar-refractivity contribution in [2.45, 2.75) is 26.3 Å². The molecule has 0 amide bonds. The monoisotopic (exact) mass is 349 g/mol. The predicted octanol–water partition coefficient (Wildman–Crippen LogP) is 1.40. The Kier molecular flexibility index (Phi) is 8.12. The van der Waals surface area contributed by atoms with Crippen LogP contribution in [0.15, 0.2) is 0 Å². The highest BCUT2D eigenvalue weighted by molar-refractivity contribution is 14.1. The van der Waals surface area contributed by atoms with Gasteiger partial charge in [0.05, 0.1) is 5.75 Å². The van der Waals surface area contributed by atoms with Crippen LogP contribution in [0.3, 0.4) is 0 Å². The van der Waals surface area contributed by atoms with E-state index in [1.165, 1.54) is 0 Å². The van der Waals surface area contributed by atoms with Gasteiger partial charge < -0.3 is 4.74 Å². The van der Waals surface area contributed by atoms with E-state index >= 15 is 0 Å². The van der Waals surface area contributed by atoms with Crippen molar-refractivity contribution in [3.63, 3.8) is 0 Å². The number of hydrogen-bond donors (Lipinski definition) is 1. The van der Waals surface area contributed by atoms with Gasteiger partial charge in [-0.05, 0) is 12.3 Å². The van der Waals surface area contributed by atoms with E-state index in [2.05, 4.69) is 27.3 Å². The van der Waals surface area contributed by atoms with E-state index in [-0.39, 0.29) is 11.8 Å². The summed E-state index contributed by atoms with van der Waals surface area (Å²) >= 11 is 2.20. The van der Waals surface area contributed by atoms with E-state index < -0.39 is 10.0 Å². The summed E-state index contributed by atoms with van der Waals surface area (Å²) in [6, 6.07) is 0.0261. The Morgan fingerprint density at radius 3 is 2.40 bits per heavy atom. The van der Waals surface area contributed by atoms with Crippen LogP contribution >= 0.6 is 22.6 Å². The van der Waals surface area contributed by atoms with Gasteiger partial charge >= 0.3 is 0 Å². The van der Waals surface area contributed by atoms with Gasteiger partial charge in [-0.15, -0.1) is 0 Å². The zero-order valence-corrected chi connectivity index (χ0v) is 12.5. The summed E-state index contributed by atoms with van der Waals surface area (Å²) in [5.74, 6) is 0.458. The summed E-state index contributed by atoms with van der Waals surface area (Å²) in [4.78, 5) is 0. The van der Waals surface area contributed by atoms with E-state index in [9.17, 15) is 8.42 Å². The van der Waals surface area contributed by atoms with E-state index in [0.29, 0.717) is 18.9 Å². The molecule has 92 valence electrons. The van der Waals surface area contributed by atoms with Gasteiger partial charge in [-0.25, -0.2) is 13.1 Å². The molecule has 0 aliphatic heterocycles. The summed E-state index contributed by atoms with van der Waals surface area (Å²) in [5.41, 5.74) is 0. The first-order chi connectivity index (χ1) is 6.93. The van der Waals surface area contributed by atoms with E-state index in [4.69, 9.17) is 4.74 Å². The number of ether oxygens (including phenoxy) is 1. The lowest BCUT2D eigenvalue weighted by Crippen LogP contribution is -2.41. The average molecular weight is 349 g/mol. The molecule has 0 aromatic heterocycles. The molecule has 15 heavy (non-hydrogen) atoms. The van der Waals surface area contributed by atoms with Gasteiger partial charge in [-0.3, -0.25) is 0 Å². The predicted molar refractivity (Wildman–Crippen MR) is 70.9 cm³/mol. The first-order valence-electron chi connectivity index (χ1n) is 4.98. The van der Waals surface area contributed by atoms with Crippen molar-refractivity contribution in [3.05, 3.63) is 0 Å². The Morgan fingerprint density at radius 2 is 2.00 bits per heavy atom. The number of nitrogens with one attached hydrogen (secondary N) is 1. The molecule has 6 heteroatoms. The molecule has 1 atom stereocenters. The summed E-state index contributed by atoms with van der Waals surface area (Å²) in [5, 5.41) is 0. The zero-order valence-electron chi connectivity index (χ0n) is 9.49. The van der Waals surface area contributed by atoms with Gasteiger partial charge in [0.1, 0.15) is 0 Å². The van der Waals surface area contributed by atoms with Crippen LogP contribution in [0, 0.1) is 5.92 Å². The topological polar surface area (TPSA) is 55.4 Å². The lowest BCUT2D eigenvalue weighted by molar-refractivity contribution is 0.199. The zero-order chi connectivity index (χ0) is 11.9. The number of alkyl halides is 1. The minimum absolute atomic E-state index is 0.0261. The maximum absolute atomic E-state index is 11.6. The van der Waals surface area contributed by atoms with Gasteiger partial charge in [0, 0.05) is 24.2 Å². The third-order valence-electron chi connectivity index (χ3n) is 2.06. The number of methoxy groups -OCH3 is 1. The highest BCUT2D eigenvalue weighted by Crippen LogP contribution is 2.07. The number of rotatable bonds is 8. The molecular weight excluding hydrogens is 329 g/mol. The fraction of sp³-hybridized carbons (Fsp3) is 1.00.